The molecule has 0 aliphatic carbocycles. The highest BCUT2D eigenvalue weighted by molar-refractivity contribution is 9.10. The monoisotopic (exact) mass is 510 g/mol. The molecule has 8 nitrogen and oxygen atoms in total. The van der Waals surface area contributed by atoms with Crippen LogP contribution in [0.2, 0.25) is 0 Å². The minimum absolute atomic E-state index is 0.0617. The van der Waals surface area contributed by atoms with Crippen LogP contribution in [-0.2, 0) is 9.59 Å². The molecule has 1 aromatic heterocycles. The molecule has 0 radical (unpaired) electrons. The standard InChI is InChI=1S/C22H19BrN6O2S/c1-13-20(26-25-17-8-10-18(11-9-17)28(3)14(2)30)21(31)29(27-13)22-24-19(12-32-22)15-4-6-16(23)7-5-15/h4-12,20H,1-3H3/t20-/m0/s1. The number of azo groups is 1. The maximum absolute atomic E-state index is 12.9. The zero-order chi connectivity index (χ0) is 22.8. The second kappa shape index (κ2) is 9.09. The smallest absolute Gasteiger partial charge is 0.282 e. The molecule has 162 valence electrons. The number of anilines is 2. The van der Waals surface area contributed by atoms with E-state index >= 15 is 0 Å². The van der Waals surface area contributed by atoms with Crippen LogP contribution in [0.5, 0.6) is 0 Å². The van der Waals surface area contributed by atoms with Crippen LogP contribution in [-0.4, -0.2) is 35.6 Å². The van der Waals surface area contributed by atoms with E-state index in [0.29, 0.717) is 16.5 Å². The first-order valence-corrected chi connectivity index (χ1v) is 11.4. The summed E-state index contributed by atoms with van der Waals surface area (Å²) in [6, 6.07) is 14.0. The van der Waals surface area contributed by atoms with Crippen molar-refractivity contribution >= 4 is 61.3 Å². The number of hydrazone groups is 1. The molecule has 2 amide bonds. The van der Waals surface area contributed by atoms with E-state index in [0.717, 1.165) is 21.4 Å². The van der Waals surface area contributed by atoms with E-state index in [9.17, 15) is 9.59 Å². The van der Waals surface area contributed by atoms with Crippen molar-refractivity contribution in [3.05, 3.63) is 58.4 Å². The molecule has 1 aliphatic rings. The van der Waals surface area contributed by atoms with Crippen LogP contribution in [0.4, 0.5) is 16.5 Å². The van der Waals surface area contributed by atoms with Gasteiger partial charge in [0, 0.05) is 35.1 Å². The van der Waals surface area contributed by atoms with Gasteiger partial charge in [-0.05, 0) is 43.3 Å². The van der Waals surface area contributed by atoms with E-state index in [2.05, 4.69) is 36.2 Å². The minimum atomic E-state index is -0.797. The summed E-state index contributed by atoms with van der Waals surface area (Å²) >= 11 is 4.77. The van der Waals surface area contributed by atoms with Crippen molar-refractivity contribution in [2.75, 3.05) is 17.0 Å². The molecule has 0 bridgehead atoms. The van der Waals surface area contributed by atoms with E-state index in [-0.39, 0.29) is 11.8 Å². The molecule has 2 heterocycles. The highest BCUT2D eigenvalue weighted by Gasteiger charge is 2.36. The van der Waals surface area contributed by atoms with Crippen molar-refractivity contribution in [2.45, 2.75) is 19.9 Å². The lowest BCUT2D eigenvalue weighted by Crippen LogP contribution is -2.29. The molecular formula is C22H19BrN6O2S. The molecule has 0 N–H and O–H groups in total. The van der Waals surface area contributed by atoms with Gasteiger partial charge in [-0.3, -0.25) is 9.59 Å². The SMILES string of the molecule is CC(=O)N(C)c1ccc(N=N[C@@H]2C(=O)N(c3nc(-c4ccc(Br)cc4)cs3)N=C2C)cc1. The summed E-state index contributed by atoms with van der Waals surface area (Å²) in [6.07, 6.45) is 0. The number of rotatable bonds is 5. The Balaban J connectivity index is 1.48. The molecule has 0 saturated carbocycles. The third kappa shape index (κ3) is 4.51. The first-order chi connectivity index (χ1) is 15.3. The van der Waals surface area contributed by atoms with Gasteiger partial charge in [-0.25, -0.2) is 4.98 Å². The van der Waals surface area contributed by atoms with Gasteiger partial charge in [0.2, 0.25) is 11.0 Å². The summed E-state index contributed by atoms with van der Waals surface area (Å²) < 4.78 is 0.986. The Morgan fingerprint density at radius 2 is 1.84 bits per heavy atom. The third-order valence-corrected chi connectivity index (χ3v) is 6.25. The number of carbonyl (C=O) groups excluding carboxylic acids is 2. The van der Waals surface area contributed by atoms with Crippen LogP contribution < -0.4 is 9.91 Å². The summed E-state index contributed by atoms with van der Waals surface area (Å²) in [5.41, 5.74) is 3.61. The fourth-order valence-electron chi connectivity index (χ4n) is 2.99. The molecule has 3 aromatic rings. The summed E-state index contributed by atoms with van der Waals surface area (Å²) in [4.78, 5) is 30.5. The minimum Gasteiger partial charge on any atom is -0.316 e. The number of halogens is 1. The molecular weight excluding hydrogens is 492 g/mol. The molecule has 0 fully saturated rings. The van der Waals surface area contributed by atoms with E-state index in [4.69, 9.17) is 0 Å². The molecule has 2 aromatic carbocycles. The molecule has 4 rings (SSSR count). The van der Waals surface area contributed by atoms with Crippen molar-refractivity contribution < 1.29 is 9.59 Å². The lowest BCUT2D eigenvalue weighted by atomic mass is 10.2. The number of amides is 2. The van der Waals surface area contributed by atoms with Gasteiger partial charge >= 0.3 is 0 Å². The highest BCUT2D eigenvalue weighted by atomic mass is 79.9. The second-order valence-corrected chi connectivity index (χ2v) is 8.88. The number of thiazole rings is 1. The molecule has 1 aliphatic heterocycles. The van der Waals surface area contributed by atoms with Crippen LogP contribution in [0.15, 0.2) is 73.7 Å². The van der Waals surface area contributed by atoms with Gasteiger partial charge in [0.1, 0.15) is 0 Å². The molecule has 0 spiro atoms. The van der Waals surface area contributed by atoms with Gasteiger partial charge < -0.3 is 4.90 Å². The molecule has 0 unspecified atom stereocenters. The predicted octanol–water partition coefficient (Wildman–Crippen LogP) is 5.43. The summed E-state index contributed by atoms with van der Waals surface area (Å²) in [5, 5.41) is 16.4. The predicted molar refractivity (Wildman–Crippen MR) is 130 cm³/mol. The molecule has 10 heteroatoms. The number of aromatic nitrogens is 1. The lowest BCUT2D eigenvalue weighted by Gasteiger charge is -2.14. The van der Waals surface area contributed by atoms with E-state index < -0.39 is 6.04 Å². The van der Waals surface area contributed by atoms with Crippen LogP contribution in [0.3, 0.4) is 0 Å². The first kappa shape index (κ1) is 22.0. The fourth-order valence-corrected chi connectivity index (χ4v) is 4.04. The van der Waals surface area contributed by atoms with Crippen molar-refractivity contribution in [3.8, 4) is 11.3 Å². The van der Waals surface area contributed by atoms with Gasteiger partial charge in [-0.15, -0.1) is 11.3 Å². The van der Waals surface area contributed by atoms with Crippen molar-refractivity contribution in [2.24, 2.45) is 15.3 Å². The van der Waals surface area contributed by atoms with E-state index in [1.165, 1.54) is 28.2 Å². The van der Waals surface area contributed by atoms with Crippen LogP contribution in [0.1, 0.15) is 13.8 Å². The third-order valence-electron chi connectivity index (χ3n) is 4.91. The average Bonchev–Trinajstić information content (AvgIpc) is 3.37. The van der Waals surface area contributed by atoms with Crippen molar-refractivity contribution in [1.29, 1.82) is 0 Å². The second-order valence-electron chi connectivity index (χ2n) is 7.13. The van der Waals surface area contributed by atoms with E-state index in [1.807, 2.05) is 29.6 Å². The number of hydrogen-bond acceptors (Lipinski definition) is 7. The van der Waals surface area contributed by atoms with Crippen LogP contribution in [0.25, 0.3) is 11.3 Å². The Morgan fingerprint density at radius 3 is 2.50 bits per heavy atom. The molecule has 32 heavy (non-hydrogen) atoms. The van der Waals surface area contributed by atoms with Gasteiger partial charge in [-0.1, -0.05) is 28.1 Å². The Hall–Kier alpha value is -3.24. The summed E-state index contributed by atoms with van der Waals surface area (Å²) in [7, 11) is 1.70. The summed E-state index contributed by atoms with van der Waals surface area (Å²) in [6.45, 7) is 3.24. The van der Waals surface area contributed by atoms with Gasteiger partial charge in [-0.2, -0.15) is 20.3 Å². The van der Waals surface area contributed by atoms with Crippen LogP contribution in [0, 0.1) is 0 Å². The number of benzene rings is 2. The molecule has 0 saturated heterocycles. The average molecular weight is 511 g/mol. The van der Waals surface area contributed by atoms with E-state index in [1.54, 1.807) is 38.2 Å². The maximum atomic E-state index is 12.9. The zero-order valence-corrected chi connectivity index (χ0v) is 20.0. The van der Waals surface area contributed by atoms with Gasteiger partial charge in [0.05, 0.1) is 17.1 Å². The normalized spacial score (nSPS) is 16.0. The lowest BCUT2D eigenvalue weighted by molar-refractivity contribution is -0.118. The Morgan fingerprint density at radius 1 is 1.16 bits per heavy atom. The topological polar surface area (TPSA) is 90.6 Å². The van der Waals surface area contributed by atoms with Crippen LogP contribution >= 0.6 is 27.3 Å². The number of carbonyl (C=O) groups is 2. The Kier molecular flexibility index (Phi) is 6.24. The highest BCUT2D eigenvalue weighted by Crippen LogP contribution is 2.31. The van der Waals surface area contributed by atoms with Crippen molar-refractivity contribution in [3.63, 3.8) is 0 Å². The van der Waals surface area contributed by atoms with Gasteiger partial charge in [0.25, 0.3) is 5.91 Å². The van der Waals surface area contributed by atoms with Gasteiger partial charge in [0.15, 0.2) is 6.04 Å². The number of nitrogens with zero attached hydrogens (tertiary/aromatic N) is 6. The number of hydrogen-bond donors (Lipinski definition) is 0. The maximum Gasteiger partial charge on any atom is 0.282 e. The first-order valence-electron chi connectivity index (χ1n) is 9.69. The molecule has 1 atom stereocenters. The largest absolute Gasteiger partial charge is 0.316 e. The Bertz CT molecular complexity index is 1220. The quantitative estimate of drug-likeness (QED) is 0.428. The zero-order valence-electron chi connectivity index (χ0n) is 17.6. The Labute approximate surface area is 197 Å². The summed E-state index contributed by atoms with van der Waals surface area (Å²) in [5.74, 6) is -0.357. The van der Waals surface area contributed by atoms with Crippen molar-refractivity contribution in [1.82, 2.24) is 4.98 Å². The fraction of sp³-hybridized carbons (Fsp3) is 0.182.